The van der Waals surface area contributed by atoms with Gasteiger partial charge in [-0.25, -0.2) is 9.97 Å². The number of carbonyl (C=O) groups excluding carboxylic acids is 1. The molecule has 0 N–H and O–H groups in total. The van der Waals surface area contributed by atoms with Gasteiger partial charge in [-0.1, -0.05) is 13.8 Å². The molecule has 0 aliphatic carbocycles. The quantitative estimate of drug-likeness (QED) is 0.749. The number of nitrogens with zero attached hydrogens (tertiary/aromatic N) is 3. The van der Waals surface area contributed by atoms with Crippen molar-refractivity contribution in [2.24, 2.45) is 0 Å². The smallest absolute Gasteiger partial charge is 0.186 e. The second kappa shape index (κ2) is 5.57. The van der Waals surface area contributed by atoms with Crippen molar-refractivity contribution >= 4 is 5.78 Å². The zero-order valence-electron chi connectivity index (χ0n) is 11.2. The molecular formula is C14H21N3O. The molecule has 0 radical (unpaired) electrons. The molecule has 2 heterocycles. The average Bonchev–Trinajstić information content (AvgIpc) is 2.96. The number of Topliss-reactive ketones (excluding diaryl/α,β-unsaturated/α-hetero) is 1. The zero-order valence-corrected chi connectivity index (χ0v) is 11.2. The monoisotopic (exact) mass is 247 g/mol. The van der Waals surface area contributed by atoms with Crippen LogP contribution in [0.5, 0.6) is 0 Å². The van der Waals surface area contributed by atoms with Crippen molar-refractivity contribution in [3.05, 3.63) is 24.3 Å². The van der Waals surface area contributed by atoms with Crippen LogP contribution in [-0.4, -0.2) is 39.3 Å². The molecule has 0 saturated carbocycles. The maximum absolute atomic E-state index is 12.8. The van der Waals surface area contributed by atoms with Crippen molar-refractivity contribution in [2.75, 3.05) is 13.1 Å². The van der Waals surface area contributed by atoms with E-state index in [2.05, 4.69) is 28.7 Å². The van der Waals surface area contributed by atoms with Gasteiger partial charge in [0.15, 0.2) is 5.78 Å². The first-order valence-electron chi connectivity index (χ1n) is 6.79. The molecule has 1 fully saturated rings. The van der Waals surface area contributed by atoms with Crippen LogP contribution >= 0.6 is 0 Å². The van der Waals surface area contributed by atoms with E-state index in [1.807, 2.05) is 0 Å². The van der Waals surface area contributed by atoms with E-state index < -0.39 is 0 Å². The number of ketones is 1. The van der Waals surface area contributed by atoms with Gasteiger partial charge in [0, 0.05) is 12.4 Å². The third-order valence-electron chi connectivity index (χ3n) is 4.13. The minimum Gasteiger partial charge on any atom is -0.292 e. The van der Waals surface area contributed by atoms with Crippen LogP contribution in [-0.2, 0) is 0 Å². The Kier molecular flexibility index (Phi) is 4.07. The fraction of sp³-hybridized carbons (Fsp3) is 0.643. The van der Waals surface area contributed by atoms with Crippen LogP contribution in [0, 0.1) is 0 Å². The Morgan fingerprint density at radius 3 is 2.28 bits per heavy atom. The van der Waals surface area contributed by atoms with Crippen LogP contribution < -0.4 is 0 Å². The molecule has 4 heteroatoms. The Balaban J connectivity index is 2.32. The van der Waals surface area contributed by atoms with Gasteiger partial charge in [0.25, 0.3) is 0 Å². The van der Waals surface area contributed by atoms with Crippen LogP contribution in [0.25, 0.3) is 0 Å². The topological polar surface area (TPSA) is 46.1 Å². The summed E-state index contributed by atoms with van der Waals surface area (Å²) < 4.78 is 0. The van der Waals surface area contributed by atoms with E-state index in [1.54, 1.807) is 12.4 Å². The summed E-state index contributed by atoms with van der Waals surface area (Å²) in [6.45, 7) is 6.26. The molecule has 0 unspecified atom stereocenters. The van der Waals surface area contributed by atoms with E-state index in [9.17, 15) is 4.79 Å². The molecule has 98 valence electrons. The van der Waals surface area contributed by atoms with E-state index in [0.717, 1.165) is 25.9 Å². The SMILES string of the molecule is CCC(CC)(C(=O)c1cncnc1)N1CCCC1. The molecule has 18 heavy (non-hydrogen) atoms. The van der Waals surface area contributed by atoms with Gasteiger partial charge in [-0.15, -0.1) is 0 Å². The molecule has 1 saturated heterocycles. The first kappa shape index (κ1) is 13.1. The summed E-state index contributed by atoms with van der Waals surface area (Å²) >= 11 is 0. The molecule has 0 bridgehead atoms. The molecule has 0 amide bonds. The summed E-state index contributed by atoms with van der Waals surface area (Å²) in [5, 5.41) is 0. The summed E-state index contributed by atoms with van der Waals surface area (Å²) in [5.41, 5.74) is 0.273. The molecule has 2 rings (SSSR count). The molecule has 0 aromatic carbocycles. The van der Waals surface area contributed by atoms with Crippen molar-refractivity contribution in [1.29, 1.82) is 0 Å². The third-order valence-corrected chi connectivity index (χ3v) is 4.13. The lowest BCUT2D eigenvalue weighted by molar-refractivity contribution is 0.0580. The van der Waals surface area contributed by atoms with Gasteiger partial charge < -0.3 is 0 Å². The van der Waals surface area contributed by atoms with E-state index in [1.165, 1.54) is 19.2 Å². The summed E-state index contributed by atoms with van der Waals surface area (Å²) in [5.74, 6) is 0.176. The van der Waals surface area contributed by atoms with E-state index in [-0.39, 0.29) is 11.3 Å². The number of aromatic nitrogens is 2. The number of rotatable bonds is 5. The van der Waals surface area contributed by atoms with Gasteiger partial charge in [0.2, 0.25) is 0 Å². The first-order chi connectivity index (χ1) is 8.74. The van der Waals surface area contributed by atoms with Crippen molar-refractivity contribution in [2.45, 2.75) is 45.1 Å². The van der Waals surface area contributed by atoms with Gasteiger partial charge in [-0.3, -0.25) is 9.69 Å². The third kappa shape index (κ3) is 2.17. The fourth-order valence-electron chi connectivity index (χ4n) is 2.99. The van der Waals surface area contributed by atoms with Crippen LogP contribution in [0.4, 0.5) is 0 Å². The Morgan fingerprint density at radius 2 is 1.78 bits per heavy atom. The summed E-state index contributed by atoms with van der Waals surface area (Å²) in [4.78, 5) is 23.1. The predicted octanol–water partition coefficient (Wildman–Crippen LogP) is 2.31. The van der Waals surface area contributed by atoms with Crippen LogP contribution in [0.1, 0.15) is 49.9 Å². The fourth-order valence-corrected chi connectivity index (χ4v) is 2.99. The van der Waals surface area contributed by atoms with E-state index >= 15 is 0 Å². The highest BCUT2D eigenvalue weighted by atomic mass is 16.1. The average molecular weight is 247 g/mol. The van der Waals surface area contributed by atoms with Crippen LogP contribution in [0.15, 0.2) is 18.7 Å². The van der Waals surface area contributed by atoms with Crippen molar-refractivity contribution in [1.82, 2.24) is 14.9 Å². The molecular weight excluding hydrogens is 226 g/mol. The van der Waals surface area contributed by atoms with Gasteiger partial charge in [-0.2, -0.15) is 0 Å². The van der Waals surface area contributed by atoms with Gasteiger partial charge in [0.05, 0.1) is 11.1 Å². The van der Waals surface area contributed by atoms with Gasteiger partial charge >= 0.3 is 0 Å². The Hall–Kier alpha value is -1.29. The van der Waals surface area contributed by atoms with Gasteiger partial charge in [0.1, 0.15) is 6.33 Å². The molecule has 0 atom stereocenters. The van der Waals surface area contributed by atoms with Crippen molar-refractivity contribution < 1.29 is 4.79 Å². The van der Waals surface area contributed by atoms with Crippen molar-refractivity contribution in [3.63, 3.8) is 0 Å². The summed E-state index contributed by atoms with van der Waals surface area (Å²) in [7, 11) is 0. The Morgan fingerprint density at radius 1 is 1.22 bits per heavy atom. The minimum absolute atomic E-state index is 0.176. The van der Waals surface area contributed by atoms with Crippen molar-refractivity contribution in [3.8, 4) is 0 Å². The highest BCUT2D eigenvalue weighted by molar-refractivity contribution is 6.02. The molecule has 1 aliphatic heterocycles. The van der Waals surface area contributed by atoms with E-state index in [4.69, 9.17) is 0 Å². The molecule has 1 aromatic rings. The minimum atomic E-state index is -0.360. The normalized spacial score (nSPS) is 17.0. The lowest BCUT2D eigenvalue weighted by Crippen LogP contribution is -2.52. The van der Waals surface area contributed by atoms with Crippen LogP contribution in [0.3, 0.4) is 0 Å². The summed E-state index contributed by atoms with van der Waals surface area (Å²) in [6, 6.07) is 0. The molecule has 1 aromatic heterocycles. The Labute approximate surface area is 108 Å². The zero-order chi connectivity index (χ0) is 13.0. The maximum Gasteiger partial charge on any atom is 0.186 e. The Bertz CT molecular complexity index is 395. The van der Waals surface area contributed by atoms with Gasteiger partial charge in [-0.05, 0) is 38.8 Å². The molecule has 4 nitrogen and oxygen atoms in total. The molecule has 1 aliphatic rings. The maximum atomic E-state index is 12.8. The largest absolute Gasteiger partial charge is 0.292 e. The second-order valence-electron chi connectivity index (χ2n) is 4.89. The number of hydrogen-bond acceptors (Lipinski definition) is 4. The lowest BCUT2D eigenvalue weighted by Gasteiger charge is -2.39. The number of carbonyl (C=O) groups is 1. The standard InChI is InChI=1S/C14H21N3O/c1-3-14(4-2,17-7-5-6-8-17)13(18)12-9-15-11-16-10-12/h9-11H,3-8H2,1-2H3. The summed E-state index contributed by atoms with van der Waals surface area (Å²) in [6.07, 6.45) is 8.80. The number of likely N-dealkylation sites (tertiary alicyclic amines) is 1. The highest BCUT2D eigenvalue weighted by Crippen LogP contribution is 2.31. The predicted molar refractivity (Wildman–Crippen MR) is 70.5 cm³/mol. The van der Waals surface area contributed by atoms with Crippen LogP contribution in [0.2, 0.25) is 0 Å². The highest BCUT2D eigenvalue weighted by Gasteiger charge is 2.42. The first-order valence-corrected chi connectivity index (χ1v) is 6.79. The molecule has 0 spiro atoms. The lowest BCUT2D eigenvalue weighted by atomic mass is 9.83. The second-order valence-corrected chi connectivity index (χ2v) is 4.89. The number of hydrogen-bond donors (Lipinski definition) is 0. The van der Waals surface area contributed by atoms with E-state index in [0.29, 0.717) is 5.56 Å².